The van der Waals surface area contributed by atoms with Crippen LogP contribution in [0, 0.1) is 17.5 Å². The van der Waals surface area contributed by atoms with Crippen LogP contribution in [0.2, 0.25) is 0 Å². The average Bonchev–Trinajstić information content (AvgIpc) is 3.04. The van der Waals surface area contributed by atoms with Gasteiger partial charge in [-0.2, -0.15) is 4.98 Å². The van der Waals surface area contributed by atoms with Gasteiger partial charge in [0.15, 0.2) is 29.6 Å². The number of ether oxygens (including phenoxy) is 1. The van der Waals surface area contributed by atoms with Crippen LogP contribution in [-0.2, 0) is 11.2 Å². The van der Waals surface area contributed by atoms with Gasteiger partial charge in [-0.25, -0.2) is 36.3 Å². The highest BCUT2D eigenvalue weighted by Gasteiger charge is 2.36. The summed E-state index contributed by atoms with van der Waals surface area (Å²) in [5.74, 6) is -8.51. The molecule has 2 aliphatic heterocycles. The van der Waals surface area contributed by atoms with Crippen molar-refractivity contribution in [3.8, 4) is 22.7 Å². The zero-order valence-electron chi connectivity index (χ0n) is 26.7. The number of hydrogen-bond acceptors (Lipinski definition) is 7. The van der Waals surface area contributed by atoms with Crippen LogP contribution in [0.25, 0.3) is 28.0 Å². The van der Waals surface area contributed by atoms with Gasteiger partial charge in [0.05, 0.1) is 22.3 Å². The Balaban J connectivity index is 1.72. The molecule has 2 aliphatic rings. The second kappa shape index (κ2) is 12.3. The van der Waals surface area contributed by atoms with Gasteiger partial charge in [0.1, 0.15) is 17.3 Å². The lowest BCUT2D eigenvalue weighted by Gasteiger charge is -2.44. The molecule has 252 valence electrons. The summed E-state index contributed by atoms with van der Waals surface area (Å²) in [6.45, 7) is 9.91. The number of hydrogen-bond donors (Lipinski definition) is 0. The summed E-state index contributed by atoms with van der Waals surface area (Å²) < 4.78 is 83.7. The third-order valence-corrected chi connectivity index (χ3v) is 8.81. The van der Waals surface area contributed by atoms with Crippen LogP contribution in [0.1, 0.15) is 51.3 Å². The zero-order chi connectivity index (χ0) is 34.7. The van der Waals surface area contributed by atoms with E-state index in [2.05, 4.69) is 21.5 Å². The van der Waals surface area contributed by atoms with Crippen molar-refractivity contribution in [1.29, 1.82) is 0 Å². The molecule has 9 nitrogen and oxygen atoms in total. The van der Waals surface area contributed by atoms with Gasteiger partial charge < -0.3 is 14.5 Å². The van der Waals surface area contributed by atoms with Crippen molar-refractivity contribution in [2.75, 3.05) is 24.6 Å². The van der Waals surface area contributed by atoms with Crippen LogP contribution >= 0.6 is 0 Å². The fraction of sp³-hybridized carbons (Fsp3) is 0.382. The van der Waals surface area contributed by atoms with Crippen LogP contribution in [-0.4, -0.2) is 68.0 Å². The number of aryl methyl sites for hydroxylation is 1. The summed E-state index contributed by atoms with van der Waals surface area (Å²) in [5, 5.41) is 0.0439. The minimum atomic E-state index is -3.53. The number of amides is 1. The molecule has 1 saturated heterocycles. The molecule has 48 heavy (non-hydrogen) atoms. The third-order valence-electron chi connectivity index (χ3n) is 8.81. The van der Waals surface area contributed by atoms with Crippen LogP contribution in [0.15, 0.2) is 47.9 Å². The van der Waals surface area contributed by atoms with Gasteiger partial charge in [-0.1, -0.05) is 20.4 Å². The summed E-state index contributed by atoms with van der Waals surface area (Å²) in [6.07, 6.45) is 1.62. The van der Waals surface area contributed by atoms with Crippen LogP contribution < -0.4 is 15.3 Å². The van der Waals surface area contributed by atoms with Crippen molar-refractivity contribution >= 4 is 22.8 Å². The second-order valence-electron chi connectivity index (χ2n) is 12.5. The van der Waals surface area contributed by atoms with E-state index < -0.39 is 65.1 Å². The SMILES string of the molecule is C=CC(=O)N1C[C@H](C)N(c2nc(=O)n3c4nc(c(F)cc24)-c2c(F)ccc(F)c2OCC(F)(F)CCc2ccnc(C(C)C)c2-3)C[C@H]1C. The summed E-state index contributed by atoms with van der Waals surface area (Å²) in [7, 11) is 0. The number of anilines is 1. The fourth-order valence-electron chi connectivity index (χ4n) is 6.40. The summed E-state index contributed by atoms with van der Waals surface area (Å²) in [5.41, 5.74) is -1.79. The first kappa shape index (κ1) is 33.0. The first-order valence-electron chi connectivity index (χ1n) is 15.5. The molecule has 14 heteroatoms. The lowest BCUT2D eigenvalue weighted by Crippen LogP contribution is -2.58. The molecule has 5 heterocycles. The van der Waals surface area contributed by atoms with E-state index in [4.69, 9.17) is 4.74 Å². The molecule has 0 aliphatic carbocycles. The number of aromatic nitrogens is 4. The van der Waals surface area contributed by atoms with Crippen molar-refractivity contribution in [3.63, 3.8) is 0 Å². The van der Waals surface area contributed by atoms with Crippen molar-refractivity contribution < 1.29 is 31.5 Å². The maximum absolute atomic E-state index is 16.3. The molecule has 1 amide bonds. The highest BCUT2D eigenvalue weighted by atomic mass is 19.3. The molecule has 2 atom stereocenters. The van der Waals surface area contributed by atoms with Crippen molar-refractivity contribution in [2.45, 2.75) is 64.5 Å². The molecule has 1 fully saturated rings. The summed E-state index contributed by atoms with van der Waals surface area (Å²) in [6, 6.07) is 3.16. The number of rotatable bonds is 3. The Bertz CT molecular complexity index is 2020. The number of nitrogens with zero attached hydrogens (tertiary/aromatic N) is 6. The van der Waals surface area contributed by atoms with Gasteiger partial charge in [-0.3, -0.25) is 9.78 Å². The maximum atomic E-state index is 16.3. The molecule has 1 aromatic carbocycles. The molecule has 4 aromatic rings. The van der Waals surface area contributed by atoms with Gasteiger partial charge in [0.2, 0.25) is 5.91 Å². The minimum absolute atomic E-state index is 0.0439. The Morgan fingerprint density at radius 3 is 2.50 bits per heavy atom. The Morgan fingerprint density at radius 2 is 1.79 bits per heavy atom. The minimum Gasteiger partial charge on any atom is -0.483 e. The van der Waals surface area contributed by atoms with E-state index in [1.165, 1.54) is 18.3 Å². The number of pyridine rings is 2. The van der Waals surface area contributed by atoms with E-state index in [9.17, 15) is 9.59 Å². The number of fused-ring (bicyclic) bond motifs is 5. The first-order chi connectivity index (χ1) is 22.7. The van der Waals surface area contributed by atoms with Crippen molar-refractivity contribution in [3.05, 3.63) is 82.3 Å². The van der Waals surface area contributed by atoms with Crippen molar-refractivity contribution in [1.82, 2.24) is 24.4 Å². The smallest absolute Gasteiger partial charge is 0.355 e. The summed E-state index contributed by atoms with van der Waals surface area (Å²) in [4.78, 5) is 43.5. The average molecular weight is 669 g/mol. The molecular formula is C34H33F5N6O3. The molecular weight excluding hydrogens is 635 g/mol. The Morgan fingerprint density at radius 1 is 1.06 bits per heavy atom. The van der Waals surface area contributed by atoms with E-state index in [1.54, 1.807) is 23.6 Å². The monoisotopic (exact) mass is 668 g/mol. The maximum Gasteiger partial charge on any atom is 0.355 e. The lowest BCUT2D eigenvalue weighted by atomic mass is 9.99. The Kier molecular flexibility index (Phi) is 8.46. The molecule has 0 radical (unpaired) electrons. The number of alkyl halides is 2. The van der Waals surface area contributed by atoms with Gasteiger partial charge in [0, 0.05) is 37.8 Å². The number of benzene rings is 1. The normalized spacial score (nSPS) is 19.2. The van der Waals surface area contributed by atoms with Gasteiger partial charge in [-0.05, 0) is 62.1 Å². The highest BCUT2D eigenvalue weighted by Crippen LogP contribution is 2.40. The van der Waals surface area contributed by atoms with Crippen molar-refractivity contribution in [2.24, 2.45) is 0 Å². The van der Waals surface area contributed by atoms with E-state index in [0.717, 1.165) is 10.6 Å². The van der Waals surface area contributed by atoms with Gasteiger partial charge >= 0.3 is 5.69 Å². The van der Waals surface area contributed by atoms with E-state index in [1.807, 2.05) is 13.8 Å². The number of halogens is 5. The van der Waals surface area contributed by atoms with Crippen LogP contribution in [0.3, 0.4) is 0 Å². The third kappa shape index (κ3) is 5.66. The van der Waals surface area contributed by atoms with Gasteiger partial charge in [0.25, 0.3) is 5.92 Å². The summed E-state index contributed by atoms with van der Waals surface area (Å²) >= 11 is 0. The van der Waals surface area contributed by atoms with Crippen LogP contribution in [0.4, 0.5) is 27.8 Å². The quantitative estimate of drug-likeness (QED) is 0.197. The van der Waals surface area contributed by atoms with Crippen LogP contribution in [0.5, 0.6) is 5.75 Å². The number of carbonyl (C=O) groups excluding carboxylic acids is 1. The molecule has 0 spiro atoms. The number of piperazine rings is 1. The lowest BCUT2D eigenvalue weighted by molar-refractivity contribution is -0.128. The Hall–Kier alpha value is -4.88. The second-order valence-corrected chi connectivity index (χ2v) is 12.5. The Labute approximate surface area is 272 Å². The molecule has 0 unspecified atom stereocenters. The first-order valence-corrected chi connectivity index (χ1v) is 15.5. The fourth-order valence-corrected chi connectivity index (χ4v) is 6.40. The largest absolute Gasteiger partial charge is 0.483 e. The highest BCUT2D eigenvalue weighted by molar-refractivity contribution is 5.92. The van der Waals surface area contributed by atoms with E-state index in [-0.39, 0.29) is 59.9 Å². The molecule has 2 bridgehead atoms. The predicted molar refractivity (Wildman–Crippen MR) is 169 cm³/mol. The molecule has 3 aromatic heterocycles. The number of carbonyl (C=O) groups is 1. The standard InChI is InChI=1S/C34H33F5N6O3/c1-6-25(46)43-14-19(5)44(15-18(43)4)31-21-13-24(37)28-26-22(35)7-8-23(36)30(26)48-16-34(38,39)11-9-20-10-12-40-27(17(2)3)29(20)45(32(21)41-28)33(47)42-31/h6-8,10,12-13,17-19H,1,9,11,14-16H2,2-5H3/t18-,19+/m1/s1. The molecule has 0 N–H and O–H groups in total. The molecule has 0 saturated carbocycles. The van der Waals surface area contributed by atoms with E-state index in [0.29, 0.717) is 23.4 Å². The zero-order valence-corrected chi connectivity index (χ0v) is 26.7. The van der Waals surface area contributed by atoms with E-state index >= 15 is 22.0 Å². The van der Waals surface area contributed by atoms with Gasteiger partial charge in [-0.15, -0.1) is 0 Å². The topological polar surface area (TPSA) is 93.5 Å². The predicted octanol–water partition coefficient (Wildman–Crippen LogP) is 5.96. The molecule has 6 rings (SSSR count).